The molecule has 14 heteroatoms. The van der Waals surface area contributed by atoms with Crippen LogP contribution in [0.2, 0.25) is 5.02 Å². The molecule has 1 N–H and O–H groups in total. The summed E-state index contributed by atoms with van der Waals surface area (Å²) in [5.41, 5.74) is 1.86. The molecule has 0 spiro atoms. The van der Waals surface area contributed by atoms with Crippen LogP contribution in [-0.4, -0.2) is 39.8 Å². The van der Waals surface area contributed by atoms with E-state index in [0.717, 1.165) is 0 Å². The van der Waals surface area contributed by atoms with Crippen molar-refractivity contribution in [1.29, 1.82) is 5.26 Å². The molecule has 0 saturated heterocycles. The van der Waals surface area contributed by atoms with Crippen LogP contribution in [0.1, 0.15) is 23.9 Å². The molecule has 3 rings (SSSR count). The van der Waals surface area contributed by atoms with Crippen molar-refractivity contribution in [2.75, 3.05) is 11.1 Å². The number of amides is 1. The van der Waals surface area contributed by atoms with Crippen LogP contribution in [0.15, 0.2) is 34.2 Å². The molecule has 0 radical (unpaired) electrons. The lowest BCUT2D eigenvalue weighted by Gasteiger charge is -2.10. The van der Waals surface area contributed by atoms with Crippen molar-refractivity contribution < 1.29 is 18.1 Å². The summed E-state index contributed by atoms with van der Waals surface area (Å²) in [5, 5.41) is 30.3. The van der Waals surface area contributed by atoms with Gasteiger partial charge in [0.2, 0.25) is 19.3 Å². The first-order chi connectivity index (χ1) is 16.0. The van der Waals surface area contributed by atoms with Crippen molar-refractivity contribution in [3.8, 4) is 11.8 Å². The Morgan fingerprint density at radius 2 is 2.06 bits per heavy atom. The minimum Gasteiger partial charge on any atom is -0.318 e. The van der Waals surface area contributed by atoms with E-state index in [1.807, 2.05) is 6.07 Å². The van der Waals surface area contributed by atoms with Crippen LogP contribution < -0.4 is 5.32 Å². The maximum absolute atomic E-state index is 12.6. The fraction of sp³-hybridized carbons (Fsp3) is 0.200. The number of aryl methyl sites for hydroxylation is 1. The lowest BCUT2D eigenvalue weighted by Crippen LogP contribution is -2.13. The van der Waals surface area contributed by atoms with E-state index in [1.165, 1.54) is 25.1 Å². The maximum Gasteiger partial charge on any atom is 0.289 e. The van der Waals surface area contributed by atoms with Crippen LogP contribution in [0.5, 0.6) is 0 Å². The third-order valence-corrected chi connectivity index (χ3v) is 8.13. The Kier molecular flexibility index (Phi) is 7.15. The summed E-state index contributed by atoms with van der Waals surface area (Å²) < 4.78 is 25.3. The third kappa shape index (κ3) is 4.98. The summed E-state index contributed by atoms with van der Waals surface area (Å²) >= 11 is 6.59. The highest BCUT2D eigenvalue weighted by Crippen LogP contribution is 2.30. The maximum atomic E-state index is 12.6. The predicted octanol–water partition coefficient (Wildman–Crippen LogP) is 3.85. The van der Waals surface area contributed by atoms with Crippen molar-refractivity contribution in [1.82, 2.24) is 14.8 Å². The molecule has 0 saturated carbocycles. The zero-order valence-corrected chi connectivity index (χ0v) is 20.5. The lowest BCUT2D eigenvalue weighted by molar-refractivity contribution is -0.384. The molecule has 0 aliphatic carbocycles. The number of hydrogen-bond acceptors (Lipinski definition) is 9. The molecule has 1 aromatic carbocycles. The minimum atomic E-state index is -3.57. The van der Waals surface area contributed by atoms with Crippen LogP contribution >= 0.6 is 22.9 Å². The van der Waals surface area contributed by atoms with Crippen molar-refractivity contribution in [3.63, 3.8) is 0 Å². The van der Waals surface area contributed by atoms with Gasteiger partial charge in [-0.2, -0.15) is 5.26 Å². The Morgan fingerprint density at radius 3 is 2.68 bits per heavy atom. The summed E-state index contributed by atoms with van der Waals surface area (Å²) in [6.07, 6.45) is 1.36. The second-order valence-corrected chi connectivity index (χ2v) is 10.8. The molecule has 0 unspecified atom stereocenters. The van der Waals surface area contributed by atoms with Crippen molar-refractivity contribution in [2.24, 2.45) is 0 Å². The number of nitro groups is 1. The number of hydrogen-bond donors (Lipinski definition) is 1. The second kappa shape index (κ2) is 9.72. The number of nitrogens with zero attached hydrogens (tertiary/aromatic N) is 5. The number of anilines is 1. The first-order valence-corrected chi connectivity index (χ1v) is 12.5. The van der Waals surface area contributed by atoms with Crippen LogP contribution in [-0.2, 0) is 14.6 Å². The Labute approximate surface area is 203 Å². The molecule has 11 nitrogen and oxygen atoms in total. The molecule has 0 aliphatic heterocycles. The van der Waals surface area contributed by atoms with Gasteiger partial charge in [0.05, 0.1) is 16.4 Å². The summed E-state index contributed by atoms with van der Waals surface area (Å²) in [6.45, 7) is 4.97. The largest absolute Gasteiger partial charge is 0.318 e. The molecular formula is C20H17ClN6O5S2. The lowest BCUT2D eigenvalue weighted by atomic mass is 10.1. The SMILES string of the molecule is CCS(=O)(=O)c1nnc(NC(=O)/C(C#N)=C\c2cc(C)n(-c3ccc(Cl)c([N+](=O)[O-])c3)c2C)s1. The number of rotatable bonds is 7. The van der Waals surface area contributed by atoms with Gasteiger partial charge in [-0.05, 0) is 43.7 Å². The number of nitro benzene ring substituents is 1. The summed E-state index contributed by atoms with van der Waals surface area (Å²) in [6, 6.07) is 7.92. The number of nitriles is 1. The first-order valence-electron chi connectivity index (χ1n) is 9.61. The van der Waals surface area contributed by atoms with E-state index in [-0.39, 0.29) is 31.5 Å². The molecule has 2 aromatic heterocycles. The zero-order chi connectivity index (χ0) is 25.2. The van der Waals surface area contributed by atoms with Gasteiger partial charge in [0.15, 0.2) is 0 Å². The van der Waals surface area contributed by atoms with Gasteiger partial charge in [0.25, 0.3) is 11.6 Å². The Morgan fingerprint density at radius 1 is 1.35 bits per heavy atom. The highest BCUT2D eigenvalue weighted by atomic mass is 35.5. The number of halogens is 1. The fourth-order valence-corrected chi connectivity index (χ4v) is 5.26. The van der Waals surface area contributed by atoms with E-state index < -0.39 is 20.7 Å². The van der Waals surface area contributed by atoms with Gasteiger partial charge < -0.3 is 4.57 Å². The normalized spacial score (nSPS) is 11.8. The van der Waals surface area contributed by atoms with E-state index >= 15 is 0 Å². The second-order valence-electron chi connectivity index (χ2n) is 6.96. The van der Waals surface area contributed by atoms with Crippen molar-refractivity contribution in [2.45, 2.75) is 25.1 Å². The first kappa shape index (κ1) is 25.0. The Hall–Kier alpha value is -3.60. The monoisotopic (exact) mass is 520 g/mol. The number of sulfone groups is 1. The van der Waals surface area contributed by atoms with Gasteiger partial charge in [0, 0.05) is 17.5 Å². The number of aromatic nitrogens is 3. The summed E-state index contributed by atoms with van der Waals surface area (Å²) in [5.74, 6) is -0.947. The number of carbonyl (C=O) groups is 1. The number of benzene rings is 1. The van der Waals surface area contributed by atoms with Gasteiger partial charge in [0.1, 0.15) is 16.7 Å². The molecule has 1 amide bonds. The van der Waals surface area contributed by atoms with Crippen LogP contribution in [0.3, 0.4) is 0 Å². The topological polar surface area (TPSA) is 161 Å². The van der Waals surface area contributed by atoms with Gasteiger partial charge in [-0.25, -0.2) is 8.42 Å². The predicted molar refractivity (Wildman–Crippen MR) is 127 cm³/mol. The molecule has 34 heavy (non-hydrogen) atoms. The number of nitrogens with one attached hydrogen (secondary N) is 1. The van der Waals surface area contributed by atoms with Crippen LogP contribution in [0.25, 0.3) is 11.8 Å². The van der Waals surface area contributed by atoms with E-state index in [2.05, 4.69) is 15.5 Å². The van der Waals surface area contributed by atoms with Gasteiger partial charge in [-0.3, -0.25) is 20.2 Å². The van der Waals surface area contributed by atoms with Gasteiger partial charge in [-0.15, -0.1) is 10.2 Å². The van der Waals surface area contributed by atoms with Crippen LogP contribution in [0.4, 0.5) is 10.8 Å². The van der Waals surface area contributed by atoms with Gasteiger partial charge in [-0.1, -0.05) is 29.9 Å². The molecular weight excluding hydrogens is 504 g/mol. The molecule has 0 bridgehead atoms. The molecule has 2 heterocycles. The molecule has 176 valence electrons. The third-order valence-electron chi connectivity index (χ3n) is 4.79. The molecule has 0 fully saturated rings. The fourth-order valence-electron chi connectivity index (χ4n) is 3.09. The molecule has 3 aromatic rings. The summed E-state index contributed by atoms with van der Waals surface area (Å²) in [4.78, 5) is 23.3. The zero-order valence-electron chi connectivity index (χ0n) is 18.1. The quantitative estimate of drug-likeness (QED) is 0.161. The average Bonchev–Trinajstić information content (AvgIpc) is 3.36. The summed E-state index contributed by atoms with van der Waals surface area (Å²) in [7, 11) is -3.57. The van der Waals surface area contributed by atoms with E-state index in [1.54, 1.807) is 30.5 Å². The van der Waals surface area contributed by atoms with E-state index in [0.29, 0.717) is 34.0 Å². The van der Waals surface area contributed by atoms with Gasteiger partial charge >= 0.3 is 0 Å². The highest BCUT2D eigenvalue weighted by Gasteiger charge is 2.21. The Bertz CT molecular complexity index is 1480. The average molecular weight is 521 g/mol. The minimum absolute atomic E-state index is 0.00587. The molecule has 0 aliphatic rings. The smallest absolute Gasteiger partial charge is 0.289 e. The standard InChI is InChI=1S/C20H17ClN6O5S2/c1-4-34(31,32)20-25-24-19(33-20)23-18(28)14(10-22)8-13-7-11(2)26(12(13)3)15-5-6-16(21)17(9-15)27(29)30/h5-9H,4H2,1-3H3,(H,23,24,28)/b14-8-. The highest BCUT2D eigenvalue weighted by molar-refractivity contribution is 7.93. The number of carbonyl (C=O) groups excluding carboxylic acids is 1. The van der Waals surface area contributed by atoms with E-state index in [9.17, 15) is 28.6 Å². The van der Waals surface area contributed by atoms with E-state index in [4.69, 9.17) is 11.6 Å². The molecule has 0 atom stereocenters. The van der Waals surface area contributed by atoms with Crippen LogP contribution in [0, 0.1) is 35.3 Å². The van der Waals surface area contributed by atoms with Crippen molar-refractivity contribution in [3.05, 3.63) is 61.9 Å². The Balaban J connectivity index is 1.93. The van der Waals surface area contributed by atoms with Crippen molar-refractivity contribution >= 4 is 55.6 Å².